The molecule has 5 nitrogen and oxygen atoms in total. The summed E-state index contributed by atoms with van der Waals surface area (Å²) in [7, 11) is 3.25. The Bertz CT molecular complexity index is 535. The van der Waals surface area contributed by atoms with Gasteiger partial charge in [-0.05, 0) is 55.0 Å². The van der Waals surface area contributed by atoms with Crippen molar-refractivity contribution in [2.75, 3.05) is 32.3 Å². The van der Waals surface area contributed by atoms with Crippen molar-refractivity contribution >= 4 is 11.4 Å². The van der Waals surface area contributed by atoms with Crippen LogP contribution in [0.2, 0.25) is 0 Å². The van der Waals surface area contributed by atoms with Crippen LogP contribution in [0.4, 0.5) is 11.4 Å². The average Bonchev–Trinajstić information content (AvgIpc) is 2.62. The molecule has 0 aliphatic heterocycles. The number of nitrogens with zero attached hydrogens (tertiary/aromatic N) is 1. The van der Waals surface area contributed by atoms with Crippen molar-refractivity contribution in [3.63, 3.8) is 0 Å². The molecule has 2 rings (SSSR count). The van der Waals surface area contributed by atoms with E-state index in [4.69, 9.17) is 9.47 Å². The van der Waals surface area contributed by atoms with Gasteiger partial charge >= 0.3 is 0 Å². The zero-order valence-electron chi connectivity index (χ0n) is 13.5. The van der Waals surface area contributed by atoms with Crippen LogP contribution in [-0.4, -0.2) is 43.7 Å². The summed E-state index contributed by atoms with van der Waals surface area (Å²) in [5.74, 6) is 1.54. The largest absolute Gasteiger partial charge is 0.497 e. The lowest BCUT2D eigenvalue weighted by Crippen LogP contribution is -2.35. The van der Waals surface area contributed by atoms with Crippen LogP contribution in [0.5, 0.6) is 11.5 Å². The number of anilines is 2. The number of methoxy groups -OCH3 is 2. The molecule has 0 aliphatic carbocycles. The summed E-state index contributed by atoms with van der Waals surface area (Å²) >= 11 is 0. The molecule has 2 aromatic rings. The van der Waals surface area contributed by atoms with Gasteiger partial charge in [0.1, 0.15) is 11.5 Å². The summed E-state index contributed by atoms with van der Waals surface area (Å²) in [6.45, 7) is -0.0490. The highest BCUT2D eigenvalue weighted by molar-refractivity contribution is 5.65. The molecule has 0 heterocycles. The normalized spacial score (nSPS) is 11.8. The molecule has 2 aromatic carbocycles. The van der Waals surface area contributed by atoms with Crippen LogP contribution in [0.1, 0.15) is 6.42 Å². The molecule has 5 heteroatoms. The Morgan fingerprint density at radius 2 is 1.26 bits per heavy atom. The van der Waals surface area contributed by atoms with Gasteiger partial charge in [-0.25, -0.2) is 0 Å². The molecular formula is C18H23NO4. The summed E-state index contributed by atoms with van der Waals surface area (Å²) in [5, 5.41) is 19.0. The molecule has 1 unspecified atom stereocenters. The molecule has 0 aliphatic rings. The van der Waals surface area contributed by atoms with E-state index in [0.29, 0.717) is 6.42 Å². The topological polar surface area (TPSA) is 62.2 Å². The second-order valence-corrected chi connectivity index (χ2v) is 5.11. The molecule has 0 saturated heterocycles. The minimum atomic E-state index is -0.221. The van der Waals surface area contributed by atoms with Gasteiger partial charge < -0.3 is 24.6 Å². The number of rotatable bonds is 8. The maximum Gasteiger partial charge on any atom is 0.119 e. The van der Waals surface area contributed by atoms with E-state index in [0.717, 1.165) is 22.9 Å². The van der Waals surface area contributed by atoms with Crippen LogP contribution in [0.15, 0.2) is 48.5 Å². The SMILES string of the molecule is COc1ccc(N(c2ccc(OC)cc2)C(CO)CCO)cc1. The number of benzene rings is 2. The predicted octanol–water partition coefficient (Wildman–Crippen LogP) is 2.59. The van der Waals surface area contributed by atoms with Gasteiger partial charge in [0.15, 0.2) is 0 Å². The summed E-state index contributed by atoms with van der Waals surface area (Å²) in [6, 6.07) is 15.0. The lowest BCUT2D eigenvalue weighted by Gasteiger charge is -2.32. The zero-order chi connectivity index (χ0) is 16.7. The molecule has 0 fully saturated rings. The summed E-state index contributed by atoms with van der Waals surface area (Å²) in [6.07, 6.45) is 0.467. The van der Waals surface area contributed by atoms with Crippen LogP contribution in [0.25, 0.3) is 0 Å². The number of aliphatic hydroxyl groups excluding tert-OH is 2. The van der Waals surface area contributed by atoms with Crippen molar-refractivity contribution in [3.05, 3.63) is 48.5 Å². The smallest absolute Gasteiger partial charge is 0.119 e. The summed E-state index contributed by atoms with van der Waals surface area (Å²) < 4.78 is 10.4. The highest BCUT2D eigenvalue weighted by atomic mass is 16.5. The third kappa shape index (κ3) is 4.15. The zero-order valence-corrected chi connectivity index (χ0v) is 13.5. The molecule has 0 bridgehead atoms. The van der Waals surface area contributed by atoms with Crippen molar-refractivity contribution in [1.82, 2.24) is 0 Å². The molecule has 0 aromatic heterocycles. The van der Waals surface area contributed by atoms with Crippen LogP contribution >= 0.6 is 0 Å². The fourth-order valence-corrected chi connectivity index (χ4v) is 2.51. The molecule has 124 valence electrons. The van der Waals surface area contributed by atoms with Crippen molar-refractivity contribution in [1.29, 1.82) is 0 Å². The molecule has 1 atom stereocenters. The number of aliphatic hydroxyl groups is 2. The third-order valence-electron chi connectivity index (χ3n) is 3.74. The van der Waals surface area contributed by atoms with Crippen molar-refractivity contribution in [3.8, 4) is 11.5 Å². The number of hydrogen-bond donors (Lipinski definition) is 2. The standard InChI is InChI=1S/C18H23NO4/c1-22-17-7-3-14(4-8-17)19(16(13-21)11-12-20)15-5-9-18(23-2)10-6-15/h3-10,16,20-21H,11-13H2,1-2H3. The lowest BCUT2D eigenvalue weighted by molar-refractivity contribution is 0.220. The van der Waals surface area contributed by atoms with Gasteiger partial charge in [-0.15, -0.1) is 0 Å². The predicted molar refractivity (Wildman–Crippen MR) is 90.7 cm³/mol. The van der Waals surface area contributed by atoms with E-state index in [2.05, 4.69) is 0 Å². The van der Waals surface area contributed by atoms with E-state index < -0.39 is 0 Å². The van der Waals surface area contributed by atoms with Crippen molar-refractivity contribution in [2.24, 2.45) is 0 Å². The summed E-state index contributed by atoms with van der Waals surface area (Å²) in [5.41, 5.74) is 1.84. The Hall–Kier alpha value is -2.24. The first-order valence-corrected chi connectivity index (χ1v) is 7.52. The van der Waals surface area contributed by atoms with E-state index in [9.17, 15) is 10.2 Å². The van der Waals surface area contributed by atoms with Crippen LogP contribution in [-0.2, 0) is 0 Å². The fraction of sp³-hybridized carbons (Fsp3) is 0.333. The molecule has 23 heavy (non-hydrogen) atoms. The Morgan fingerprint density at radius 1 is 0.826 bits per heavy atom. The Balaban J connectivity index is 2.40. The van der Waals surface area contributed by atoms with Crippen LogP contribution in [0, 0.1) is 0 Å². The van der Waals surface area contributed by atoms with Gasteiger partial charge in [0.05, 0.1) is 26.9 Å². The van der Waals surface area contributed by atoms with Gasteiger partial charge in [0.2, 0.25) is 0 Å². The van der Waals surface area contributed by atoms with Crippen LogP contribution in [0.3, 0.4) is 0 Å². The minimum Gasteiger partial charge on any atom is -0.497 e. The third-order valence-corrected chi connectivity index (χ3v) is 3.74. The van der Waals surface area contributed by atoms with E-state index in [1.54, 1.807) is 14.2 Å². The summed E-state index contributed by atoms with van der Waals surface area (Å²) in [4.78, 5) is 2.01. The molecule has 0 radical (unpaired) electrons. The molecule has 0 saturated carbocycles. The monoisotopic (exact) mass is 317 g/mol. The second-order valence-electron chi connectivity index (χ2n) is 5.11. The molecular weight excluding hydrogens is 294 g/mol. The van der Waals surface area contributed by atoms with Gasteiger partial charge in [-0.2, -0.15) is 0 Å². The maximum absolute atomic E-state index is 9.75. The Kier molecular flexibility index (Phi) is 6.26. The highest BCUT2D eigenvalue weighted by Gasteiger charge is 2.20. The average molecular weight is 317 g/mol. The Morgan fingerprint density at radius 3 is 1.57 bits per heavy atom. The van der Waals surface area contributed by atoms with Gasteiger partial charge in [-0.3, -0.25) is 0 Å². The molecule has 0 spiro atoms. The first-order chi connectivity index (χ1) is 11.2. The molecule has 2 N–H and O–H groups in total. The maximum atomic E-state index is 9.75. The molecule has 0 amide bonds. The van der Waals surface area contributed by atoms with E-state index in [1.807, 2.05) is 53.4 Å². The fourth-order valence-electron chi connectivity index (χ4n) is 2.51. The second kappa shape index (κ2) is 8.41. The minimum absolute atomic E-state index is 0.00797. The number of hydrogen-bond acceptors (Lipinski definition) is 5. The number of ether oxygens (including phenoxy) is 2. The van der Waals surface area contributed by atoms with Crippen molar-refractivity contribution in [2.45, 2.75) is 12.5 Å². The quantitative estimate of drug-likeness (QED) is 0.783. The van der Waals surface area contributed by atoms with Crippen LogP contribution < -0.4 is 14.4 Å². The first kappa shape index (κ1) is 17.1. The van der Waals surface area contributed by atoms with Gasteiger partial charge in [0, 0.05) is 18.0 Å². The van der Waals surface area contributed by atoms with E-state index in [1.165, 1.54) is 0 Å². The van der Waals surface area contributed by atoms with Gasteiger partial charge in [0.25, 0.3) is 0 Å². The first-order valence-electron chi connectivity index (χ1n) is 7.52. The Labute approximate surface area is 136 Å². The highest BCUT2D eigenvalue weighted by Crippen LogP contribution is 2.31. The van der Waals surface area contributed by atoms with Crippen molar-refractivity contribution < 1.29 is 19.7 Å². The van der Waals surface area contributed by atoms with Gasteiger partial charge in [-0.1, -0.05) is 0 Å². The lowest BCUT2D eigenvalue weighted by atomic mass is 10.1. The van der Waals surface area contributed by atoms with E-state index in [-0.39, 0.29) is 19.3 Å². The van der Waals surface area contributed by atoms with E-state index >= 15 is 0 Å².